The Balaban J connectivity index is 1.61. The second kappa shape index (κ2) is 10.4. The summed E-state index contributed by atoms with van der Waals surface area (Å²) < 4.78 is 23.9. The van der Waals surface area contributed by atoms with Gasteiger partial charge in [-0.25, -0.2) is 4.39 Å². The number of rotatable bonds is 5. The van der Waals surface area contributed by atoms with Crippen LogP contribution in [0.2, 0.25) is 0 Å². The highest BCUT2D eigenvalue weighted by molar-refractivity contribution is 6.02. The number of nitrogen functional groups attached to an aromatic ring is 1. The predicted octanol–water partition coefficient (Wildman–Crippen LogP) is 5.72. The van der Waals surface area contributed by atoms with E-state index >= 15 is 4.39 Å². The van der Waals surface area contributed by atoms with Gasteiger partial charge in [0.25, 0.3) is 5.56 Å². The maximum absolute atomic E-state index is 15.5. The SMILES string of the molecule is CC(=O)OCc1c(-c2cc(-c3cn(C)nc3C)c3[nH]nc(N)c3c2)cccc1-n1ncc2cc(C(C)(C)C)cc(F)c2c1=O. The Labute approximate surface area is 252 Å². The number of benzene rings is 3. The van der Waals surface area contributed by atoms with Crippen LogP contribution >= 0.6 is 0 Å². The van der Waals surface area contributed by atoms with Crippen molar-refractivity contribution in [3.05, 3.63) is 87.9 Å². The lowest BCUT2D eigenvalue weighted by Gasteiger charge is -2.20. The van der Waals surface area contributed by atoms with E-state index in [-0.39, 0.29) is 17.4 Å². The Morgan fingerprint density at radius 1 is 1.11 bits per heavy atom. The van der Waals surface area contributed by atoms with Crippen LogP contribution in [-0.2, 0) is 28.6 Å². The van der Waals surface area contributed by atoms with Crippen molar-refractivity contribution < 1.29 is 13.9 Å². The smallest absolute Gasteiger partial charge is 0.302 e. The number of aromatic amines is 1. The van der Waals surface area contributed by atoms with Crippen molar-refractivity contribution in [1.82, 2.24) is 29.8 Å². The first kappa shape index (κ1) is 28.8. The van der Waals surface area contributed by atoms with Crippen LogP contribution in [0.3, 0.4) is 0 Å². The van der Waals surface area contributed by atoms with E-state index in [0.717, 1.165) is 38.1 Å². The minimum atomic E-state index is -0.622. The average molecular weight is 594 g/mol. The van der Waals surface area contributed by atoms with Crippen LogP contribution in [0.1, 0.15) is 44.5 Å². The fourth-order valence-corrected chi connectivity index (χ4v) is 5.58. The van der Waals surface area contributed by atoms with E-state index in [0.29, 0.717) is 33.4 Å². The normalized spacial score (nSPS) is 11.9. The predicted molar refractivity (Wildman–Crippen MR) is 168 cm³/mol. The second-order valence-electron chi connectivity index (χ2n) is 12.0. The van der Waals surface area contributed by atoms with Crippen molar-refractivity contribution in [1.29, 1.82) is 0 Å². The molecule has 3 aromatic carbocycles. The average Bonchev–Trinajstić information content (AvgIpc) is 3.51. The molecule has 44 heavy (non-hydrogen) atoms. The van der Waals surface area contributed by atoms with E-state index in [1.807, 2.05) is 59.1 Å². The molecule has 6 rings (SSSR count). The molecule has 11 heteroatoms. The molecule has 0 aliphatic rings. The molecule has 0 aliphatic heterocycles. The molecule has 3 aromatic heterocycles. The number of H-pyrrole nitrogens is 1. The summed E-state index contributed by atoms with van der Waals surface area (Å²) in [6.07, 6.45) is 3.40. The van der Waals surface area contributed by atoms with Crippen LogP contribution in [-0.4, -0.2) is 35.7 Å². The van der Waals surface area contributed by atoms with Gasteiger partial charge in [-0.2, -0.15) is 20.0 Å². The Morgan fingerprint density at radius 3 is 2.57 bits per heavy atom. The van der Waals surface area contributed by atoms with Crippen LogP contribution in [0.4, 0.5) is 10.2 Å². The lowest BCUT2D eigenvalue weighted by atomic mass is 9.86. The highest BCUT2D eigenvalue weighted by Gasteiger charge is 2.22. The number of hydrogen-bond donors (Lipinski definition) is 2. The molecule has 0 spiro atoms. The van der Waals surface area contributed by atoms with Gasteiger partial charge in [0.1, 0.15) is 12.4 Å². The van der Waals surface area contributed by atoms with E-state index in [9.17, 15) is 9.59 Å². The highest BCUT2D eigenvalue weighted by atomic mass is 19.1. The van der Waals surface area contributed by atoms with Crippen LogP contribution in [0.15, 0.2) is 59.7 Å². The Hall–Kier alpha value is -5.32. The van der Waals surface area contributed by atoms with Crippen molar-refractivity contribution >= 4 is 33.5 Å². The number of nitrogens with one attached hydrogen (secondary N) is 1. The van der Waals surface area contributed by atoms with Gasteiger partial charge in [-0.15, -0.1) is 0 Å². The van der Waals surface area contributed by atoms with Crippen LogP contribution in [0.5, 0.6) is 0 Å². The molecule has 0 unspecified atom stereocenters. The molecule has 0 atom stereocenters. The van der Waals surface area contributed by atoms with Gasteiger partial charge in [-0.3, -0.25) is 19.4 Å². The summed E-state index contributed by atoms with van der Waals surface area (Å²) in [4.78, 5) is 25.8. The molecule has 224 valence electrons. The van der Waals surface area contributed by atoms with E-state index in [1.165, 1.54) is 19.2 Å². The summed E-state index contributed by atoms with van der Waals surface area (Å²) in [7, 11) is 1.85. The molecule has 0 amide bonds. The highest BCUT2D eigenvalue weighted by Crippen LogP contribution is 2.38. The maximum Gasteiger partial charge on any atom is 0.302 e. The van der Waals surface area contributed by atoms with Crippen LogP contribution in [0, 0.1) is 12.7 Å². The van der Waals surface area contributed by atoms with Gasteiger partial charge in [0.2, 0.25) is 0 Å². The number of anilines is 1. The van der Waals surface area contributed by atoms with Gasteiger partial charge in [0.15, 0.2) is 5.82 Å². The summed E-state index contributed by atoms with van der Waals surface area (Å²) in [5.41, 5.74) is 11.6. The molecule has 0 aliphatic carbocycles. The van der Waals surface area contributed by atoms with Crippen molar-refractivity contribution in [3.8, 4) is 27.9 Å². The molecule has 3 heterocycles. The summed E-state index contributed by atoms with van der Waals surface area (Å²) in [5, 5.41) is 17.3. The quantitative estimate of drug-likeness (QED) is 0.244. The summed E-state index contributed by atoms with van der Waals surface area (Å²) in [6.45, 7) is 9.01. The van der Waals surface area contributed by atoms with Crippen molar-refractivity contribution in [2.45, 2.75) is 46.6 Å². The minimum absolute atomic E-state index is 0.0706. The topological polar surface area (TPSA) is 134 Å². The first-order valence-corrected chi connectivity index (χ1v) is 14.1. The molecule has 0 fully saturated rings. The van der Waals surface area contributed by atoms with Crippen molar-refractivity contribution in [2.24, 2.45) is 7.05 Å². The van der Waals surface area contributed by atoms with Crippen molar-refractivity contribution in [2.75, 3.05) is 5.73 Å². The molecule has 0 bridgehead atoms. The Kier molecular flexibility index (Phi) is 6.83. The number of aromatic nitrogens is 6. The third-order valence-electron chi connectivity index (χ3n) is 7.82. The van der Waals surface area contributed by atoms with Gasteiger partial charge >= 0.3 is 5.97 Å². The zero-order valence-corrected chi connectivity index (χ0v) is 25.3. The number of ether oxygens (including phenoxy) is 1. The number of carbonyl (C=O) groups excluding carboxylic acids is 1. The van der Waals surface area contributed by atoms with Gasteiger partial charge in [0, 0.05) is 47.6 Å². The maximum atomic E-state index is 15.5. The number of aryl methyl sites for hydroxylation is 2. The third kappa shape index (κ3) is 4.89. The number of nitrogens with two attached hydrogens (primary N) is 1. The lowest BCUT2D eigenvalue weighted by Crippen LogP contribution is -2.24. The molecule has 6 aromatic rings. The lowest BCUT2D eigenvalue weighted by molar-refractivity contribution is -0.142. The summed E-state index contributed by atoms with van der Waals surface area (Å²) in [5.74, 6) is -0.796. The first-order valence-electron chi connectivity index (χ1n) is 14.1. The zero-order valence-electron chi connectivity index (χ0n) is 25.3. The van der Waals surface area contributed by atoms with Crippen LogP contribution < -0.4 is 11.3 Å². The minimum Gasteiger partial charge on any atom is -0.461 e. The number of halogens is 1. The molecule has 0 saturated carbocycles. The molecule has 3 N–H and O–H groups in total. The van der Waals surface area contributed by atoms with Crippen molar-refractivity contribution in [3.63, 3.8) is 0 Å². The number of hydrogen-bond acceptors (Lipinski definition) is 7. The molecule has 0 radical (unpaired) electrons. The third-order valence-corrected chi connectivity index (χ3v) is 7.82. The molecular formula is C33H32FN7O3. The summed E-state index contributed by atoms with van der Waals surface area (Å²) >= 11 is 0. The van der Waals surface area contributed by atoms with E-state index < -0.39 is 17.3 Å². The largest absolute Gasteiger partial charge is 0.461 e. The Bertz CT molecular complexity index is 2170. The van der Waals surface area contributed by atoms with E-state index in [4.69, 9.17) is 10.5 Å². The summed E-state index contributed by atoms with van der Waals surface area (Å²) in [6, 6.07) is 12.4. The van der Waals surface area contributed by atoms with Gasteiger partial charge < -0.3 is 10.5 Å². The first-order chi connectivity index (χ1) is 20.8. The molecule has 0 saturated heterocycles. The fourth-order valence-electron chi connectivity index (χ4n) is 5.58. The monoisotopic (exact) mass is 593 g/mol. The van der Waals surface area contributed by atoms with Gasteiger partial charge in [-0.1, -0.05) is 32.9 Å². The molecule has 10 nitrogen and oxygen atoms in total. The Morgan fingerprint density at radius 2 is 1.89 bits per heavy atom. The second-order valence-corrected chi connectivity index (χ2v) is 12.0. The number of carbonyl (C=O) groups is 1. The molecular weight excluding hydrogens is 561 g/mol. The number of nitrogens with zero attached hydrogens (tertiary/aromatic N) is 5. The van der Waals surface area contributed by atoms with E-state index in [1.54, 1.807) is 22.9 Å². The van der Waals surface area contributed by atoms with Gasteiger partial charge in [-0.05, 0) is 59.4 Å². The number of esters is 1. The number of fused-ring (bicyclic) bond motifs is 2. The van der Waals surface area contributed by atoms with Crippen LogP contribution in [0.25, 0.3) is 49.6 Å². The fraction of sp³-hybridized carbons (Fsp3) is 0.242. The van der Waals surface area contributed by atoms with E-state index in [2.05, 4.69) is 20.4 Å². The zero-order chi connectivity index (χ0) is 31.5. The van der Waals surface area contributed by atoms with Gasteiger partial charge in [0.05, 0.1) is 28.5 Å². The standard InChI is InChI=1S/C33H32FN7O3/c1-17-25(15-40(6)39-17)23-11-19(12-24-30(23)37-38-31(24)35)22-8-7-9-28(26(22)16-44-18(2)42)41-32(43)29-20(14-36-41)10-21(13-27(29)34)33(3,4)5/h7-15H,16H2,1-6H3,(H3,35,37,38).